The van der Waals surface area contributed by atoms with E-state index in [0.717, 1.165) is 5.75 Å². The molecule has 3 heteroatoms. The lowest BCUT2D eigenvalue weighted by Crippen LogP contribution is -2.04. The molecule has 0 spiro atoms. The fraction of sp³-hybridized carbons (Fsp3) is 0.263. The second-order valence-electron chi connectivity index (χ2n) is 5.70. The second-order valence-corrected chi connectivity index (χ2v) is 7.89. The van der Waals surface area contributed by atoms with Gasteiger partial charge in [-0.1, -0.05) is 43.7 Å². The minimum atomic E-state index is 0.706. The standard InChI is InChI=1S/C19H17IOS/c1-2-3-8-16-17(20)15-11-21-18-13-7-5-4-6-12(13)9-10-14(18)19(15)22-16/h4-7,9-10H,2-3,8,11H2,1H3. The van der Waals surface area contributed by atoms with Gasteiger partial charge in [0, 0.05) is 29.8 Å². The molecule has 0 bridgehead atoms. The van der Waals surface area contributed by atoms with Gasteiger partial charge in [0.05, 0.1) is 0 Å². The highest BCUT2D eigenvalue weighted by Gasteiger charge is 2.25. The van der Waals surface area contributed by atoms with Gasteiger partial charge in [0.2, 0.25) is 0 Å². The summed E-state index contributed by atoms with van der Waals surface area (Å²) >= 11 is 4.47. The Balaban J connectivity index is 1.89. The lowest BCUT2D eigenvalue weighted by atomic mass is 10.0. The van der Waals surface area contributed by atoms with Crippen LogP contribution in [0.25, 0.3) is 21.2 Å². The monoisotopic (exact) mass is 420 g/mol. The van der Waals surface area contributed by atoms with E-state index < -0.39 is 0 Å². The maximum atomic E-state index is 6.16. The summed E-state index contributed by atoms with van der Waals surface area (Å²) < 4.78 is 7.58. The van der Waals surface area contributed by atoms with E-state index in [2.05, 4.69) is 65.9 Å². The third-order valence-corrected chi connectivity index (χ3v) is 7.24. The third kappa shape index (κ3) is 2.26. The first-order valence-corrected chi connectivity index (χ1v) is 9.64. The van der Waals surface area contributed by atoms with Gasteiger partial charge in [0.1, 0.15) is 12.4 Å². The number of ether oxygens (including phenoxy) is 1. The average molecular weight is 420 g/mol. The van der Waals surface area contributed by atoms with Crippen molar-refractivity contribution in [2.75, 3.05) is 0 Å². The topological polar surface area (TPSA) is 9.23 Å². The molecule has 22 heavy (non-hydrogen) atoms. The van der Waals surface area contributed by atoms with Crippen LogP contribution in [0.1, 0.15) is 30.2 Å². The fourth-order valence-electron chi connectivity index (χ4n) is 3.06. The molecule has 4 rings (SSSR count). The van der Waals surface area contributed by atoms with E-state index in [4.69, 9.17) is 4.74 Å². The molecule has 1 aliphatic heterocycles. The summed E-state index contributed by atoms with van der Waals surface area (Å²) in [6.45, 7) is 2.96. The molecule has 2 aromatic carbocycles. The number of rotatable bonds is 3. The molecule has 0 saturated heterocycles. The van der Waals surface area contributed by atoms with Crippen molar-refractivity contribution in [1.29, 1.82) is 0 Å². The normalized spacial score (nSPS) is 12.8. The number of hydrogen-bond donors (Lipinski definition) is 0. The summed E-state index contributed by atoms with van der Waals surface area (Å²) in [5, 5.41) is 2.48. The SMILES string of the molecule is CCCCc1sc2c(c1I)COc1c-2ccc2ccccc12. The van der Waals surface area contributed by atoms with E-state index in [1.54, 1.807) is 0 Å². The van der Waals surface area contributed by atoms with Crippen LogP contribution in [0.2, 0.25) is 0 Å². The first-order valence-electron chi connectivity index (χ1n) is 7.74. The number of hydrogen-bond acceptors (Lipinski definition) is 2. The van der Waals surface area contributed by atoms with Crippen LogP contribution in [-0.2, 0) is 13.0 Å². The van der Waals surface area contributed by atoms with Gasteiger partial charge in [-0.25, -0.2) is 0 Å². The summed E-state index contributed by atoms with van der Waals surface area (Å²) in [7, 11) is 0. The Hall–Kier alpha value is -1.07. The highest BCUT2D eigenvalue weighted by molar-refractivity contribution is 14.1. The number of benzene rings is 2. The second kappa shape index (κ2) is 5.85. The lowest BCUT2D eigenvalue weighted by molar-refractivity contribution is 0.306. The van der Waals surface area contributed by atoms with E-state index in [1.807, 2.05) is 11.3 Å². The molecule has 0 fully saturated rings. The quantitative estimate of drug-likeness (QED) is 0.445. The van der Waals surface area contributed by atoms with Gasteiger partial charge < -0.3 is 4.74 Å². The summed E-state index contributed by atoms with van der Waals surface area (Å²) in [6, 6.07) is 12.9. The van der Waals surface area contributed by atoms with Gasteiger partial charge in [-0.2, -0.15) is 0 Å². The number of aryl methyl sites for hydroxylation is 1. The lowest BCUT2D eigenvalue weighted by Gasteiger charge is -2.20. The Labute approximate surface area is 148 Å². The Kier molecular flexibility index (Phi) is 3.86. The van der Waals surface area contributed by atoms with E-state index >= 15 is 0 Å². The van der Waals surface area contributed by atoms with Crippen molar-refractivity contribution in [2.45, 2.75) is 32.8 Å². The minimum Gasteiger partial charge on any atom is -0.487 e. The molecule has 1 nitrogen and oxygen atoms in total. The largest absolute Gasteiger partial charge is 0.487 e. The third-order valence-electron chi connectivity index (χ3n) is 4.25. The molecule has 1 aliphatic rings. The van der Waals surface area contributed by atoms with Crippen LogP contribution in [0.5, 0.6) is 5.75 Å². The number of thiophene rings is 1. The zero-order valence-corrected chi connectivity index (χ0v) is 15.5. The molecule has 0 radical (unpaired) electrons. The first kappa shape index (κ1) is 14.5. The van der Waals surface area contributed by atoms with Crippen LogP contribution in [-0.4, -0.2) is 0 Å². The fourth-order valence-corrected chi connectivity index (χ4v) is 5.53. The van der Waals surface area contributed by atoms with E-state index in [9.17, 15) is 0 Å². The molecule has 1 aromatic heterocycles. The zero-order valence-electron chi connectivity index (χ0n) is 12.5. The summed E-state index contributed by atoms with van der Waals surface area (Å²) in [5.74, 6) is 1.06. The molecule has 0 atom stereocenters. The Bertz CT molecular complexity index is 850. The van der Waals surface area contributed by atoms with Crippen LogP contribution >= 0.6 is 33.9 Å². The van der Waals surface area contributed by atoms with E-state index in [0.29, 0.717) is 6.61 Å². The van der Waals surface area contributed by atoms with Crippen LogP contribution < -0.4 is 4.74 Å². The van der Waals surface area contributed by atoms with Crippen molar-refractivity contribution < 1.29 is 4.74 Å². The molecule has 0 amide bonds. The molecule has 2 heterocycles. The van der Waals surface area contributed by atoms with Gasteiger partial charge in [-0.15, -0.1) is 11.3 Å². The Morgan fingerprint density at radius 1 is 1.18 bits per heavy atom. The first-order chi connectivity index (χ1) is 10.8. The Morgan fingerprint density at radius 3 is 2.91 bits per heavy atom. The highest BCUT2D eigenvalue weighted by Crippen LogP contribution is 2.48. The van der Waals surface area contributed by atoms with Crippen molar-refractivity contribution in [3.63, 3.8) is 0 Å². The molecule has 112 valence electrons. The van der Waals surface area contributed by atoms with Crippen molar-refractivity contribution in [2.24, 2.45) is 0 Å². The predicted molar refractivity (Wildman–Crippen MR) is 103 cm³/mol. The van der Waals surface area contributed by atoms with E-state index in [1.165, 1.54) is 54.5 Å². The molecular weight excluding hydrogens is 403 g/mol. The molecule has 0 saturated carbocycles. The maximum Gasteiger partial charge on any atom is 0.136 e. The summed E-state index contributed by atoms with van der Waals surface area (Å²) in [5.41, 5.74) is 2.66. The average Bonchev–Trinajstić information content (AvgIpc) is 2.89. The minimum absolute atomic E-state index is 0.706. The number of halogens is 1. The van der Waals surface area contributed by atoms with E-state index in [-0.39, 0.29) is 0 Å². The molecule has 3 aromatic rings. The predicted octanol–water partition coefficient (Wildman–Crippen LogP) is 6.41. The Morgan fingerprint density at radius 2 is 2.05 bits per heavy atom. The highest BCUT2D eigenvalue weighted by atomic mass is 127. The van der Waals surface area contributed by atoms with Gasteiger partial charge >= 0.3 is 0 Å². The molecule has 0 unspecified atom stereocenters. The van der Waals surface area contributed by atoms with Crippen molar-refractivity contribution in [3.05, 3.63) is 50.4 Å². The van der Waals surface area contributed by atoms with Gasteiger partial charge in [0.25, 0.3) is 0 Å². The van der Waals surface area contributed by atoms with Gasteiger partial charge in [-0.3, -0.25) is 0 Å². The van der Waals surface area contributed by atoms with Crippen molar-refractivity contribution in [3.8, 4) is 16.2 Å². The van der Waals surface area contributed by atoms with Crippen LogP contribution in [0.15, 0.2) is 36.4 Å². The van der Waals surface area contributed by atoms with Gasteiger partial charge in [-0.05, 0) is 46.9 Å². The van der Waals surface area contributed by atoms with Gasteiger partial charge in [0.15, 0.2) is 0 Å². The van der Waals surface area contributed by atoms with Crippen LogP contribution in [0, 0.1) is 3.57 Å². The zero-order chi connectivity index (χ0) is 15.1. The van der Waals surface area contributed by atoms with Crippen molar-refractivity contribution in [1.82, 2.24) is 0 Å². The molecular formula is C19H17IOS. The van der Waals surface area contributed by atoms with Crippen LogP contribution in [0.4, 0.5) is 0 Å². The number of fused-ring (bicyclic) bond motifs is 5. The molecule has 0 aliphatic carbocycles. The maximum absolute atomic E-state index is 6.16. The van der Waals surface area contributed by atoms with Crippen LogP contribution in [0.3, 0.4) is 0 Å². The smallest absolute Gasteiger partial charge is 0.136 e. The molecule has 0 N–H and O–H groups in total. The summed E-state index contributed by atoms with van der Waals surface area (Å²) in [4.78, 5) is 2.94. The number of unbranched alkanes of at least 4 members (excludes halogenated alkanes) is 1. The summed E-state index contributed by atoms with van der Waals surface area (Å²) in [6.07, 6.45) is 3.70. The van der Waals surface area contributed by atoms with Crippen molar-refractivity contribution >= 4 is 44.7 Å².